The monoisotopic (exact) mass is 422 g/mol. The molecule has 1 rings (SSSR count). The maximum atomic E-state index is 13.0. The van der Waals surface area contributed by atoms with Crippen molar-refractivity contribution < 1.29 is 29.0 Å². The molecule has 0 saturated heterocycles. The summed E-state index contributed by atoms with van der Waals surface area (Å²) in [5.74, 6) is -1.40. The minimum absolute atomic E-state index is 0.147. The maximum absolute atomic E-state index is 13.0. The Hall–Kier alpha value is -2.48. The number of ether oxygens (including phenoxy) is 1. The first kappa shape index (κ1) is 25.6. The predicted molar refractivity (Wildman–Crippen MR) is 112 cm³/mol. The van der Waals surface area contributed by atoms with Crippen molar-refractivity contribution in [1.82, 2.24) is 10.6 Å². The zero-order valence-electron chi connectivity index (χ0n) is 18.9. The van der Waals surface area contributed by atoms with Crippen LogP contribution in [-0.2, 0) is 23.9 Å². The third-order valence-electron chi connectivity index (χ3n) is 4.72. The number of carbonyl (C=O) groups is 4. The van der Waals surface area contributed by atoms with Gasteiger partial charge in [-0.15, -0.1) is 0 Å². The van der Waals surface area contributed by atoms with Crippen LogP contribution in [0, 0.1) is 10.8 Å². The SMILES string of the molecule is CCOC(=O)CNC(=O)C(CC1(O)C=C(C(C)(C)C)C(=O)C(C(C)(C)C)=C1)NC=O. The van der Waals surface area contributed by atoms with E-state index < -0.39 is 34.3 Å². The standard InChI is InChI=1S/C22H34N2O6/c1-8-30-17(26)12-23-19(28)16(24-13-25)11-22(29)9-14(20(2,3)4)18(27)15(10-22)21(5,6)7/h9-10,13,16,29H,8,11-12H2,1-7H3,(H,23,28)(H,24,25). The molecule has 0 aliphatic heterocycles. The number of nitrogens with one attached hydrogen (secondary N) is 2. The molecule has 1 unspecified atom stereocenters. The lowest BCUT2D eigenvalue weighted by atomic mass is 9.69. The number of carbonyl (C=O) groups excluding carboxylic acids is 4. The highest BCUT2D eigenvalue weighted by atomic mass is 16.5. The third kappa shape index (κ3) is 6.79. The number of hydrogen-bond donors (Lipinski definition) is 3. The predicted octanol–water partition coefficient (Wildman–Crippen LogP) is 1.43. The summed E-state index contributed by atoms with van der Waals surface area (Å²) in [5.41, 5.74) is -1.82. The molecule has 0 radical (unpaired) electrons. The van der Waals surface area contributed by atoms with Gasteiger partial charge in [-0.05, 0) is 29.9 Å². The summed E-state index contributed by atoms with van der Waals surface area (Å²) in [6.07, 6.45) is 3.08. The first-order valence-corrected chi connectivity index (χ1v) is 10.0. The highest BCUT2D eigenvalue weighted by Gasteiger charge is 2.41. The quantitative estimate of drug-likeness (QED) is 0.402. The lowest BCUT2D eigenvalue weighted by Crippen LogP contribution is -2.50. The fourth-order valence-electron chi connectivity index (χ4n) is 3.18. The second kappa shape index (κ2) is 9.55. The van der Waals surface area contributed by atoms with E-state index in [-0.39, 0.29) is 25.4 Å². The fourth-order valence-corrected chi connectivity index (χ4v) is 3.18. The van der Waals surface area contributed by atoms with Gasteiger partial charge in [0.15, 0.2) is 5.78 Å². The summed E-state index contributed by atoms with van der Waals surface area (Å²) >= 11 is 0. The summed E-state index contributed by atoms with van der Waals surface area (Å²) in [7, 11) is 0. The van der Waals surface area contributed by atoms with Crippen molar-refractivity contribution in [1.29, 1.82) is 0 Å². The lowest BCUT2D eigenvalue weighted by Gasteiger charge is -2.37. The molecule has 0 heterocycles. The fraction of sp³-hybridized carbons (Fsp3) is 0.636. The number of aliphatic hydroxyl groups is 1. The molecule has 0 spiro atoms. The van der Waals surface area contributed by atoms with E-state index in [2.05, 4.69) is 10.6 Å². The van der Waals surface area contributed by atoms with Gasteiger partial charge in [0.05, 0.1) is 6.61 Å². The number of allylic oxidation sites excluding steroid dienone is 2. The Morgan fingerprint density at radius 3 is 2.03 bits per heavy atom. The highest BCUT2D eigenvalue weighted by molar-refractivity contribution is 6.11. The van der Waals surface area contributed by atoms with Gasteiger partial charge >= 0.3 is 5.97 Å². The van der Waals surface area contributed by atoms with Crippen molar-refractivity contribution in [2.75, 3.05) is 13.2 Å². The van der Waals surface area contributed by atoms with E-state index in [1.807, 2.05) is 41.5 Å². The molecule has 8 nitrogen and oxygen atoms in total. The van der Waals surface area contributed by atoms with E-state index in [0.717, 1.165) is 0 Å². The van der Waals surface area contributed by atoms with Crippen LogP contribution in [0.5, 0.6) is 0 Å². The molecule has 168 valence electrons. The van der Waals surface area contributed by atoms with Crippen LogP contribution in [0.1, 0.15) is 54.9 Å². The van der Waals surface area contributed by atoms with Gasteiger partial charge in [0.2, 0.25) is 12.3 Å². The number of amides is 2. The Labute approximate surface area is 178 Å². The topological polar surface area (TPSA) is 122 Å². The average Bonchev–Trinajstić information content (AvgIpc) is 2.59. The van der Waals surface area contributed by atoms with Crippen LogP contribution in [0.15, 0.2) is 23.3 Å². The molecule has 1 atom stereocenters. The summed E-state index contributed by atoms with van der Waals surface area (Å²) in [4.78, 5) is 48.1. The molecular weight excluding hydrogens is 388 g/mol. The molecule has 0 bridgehead atoms. The van der Waals surface area contributed by atoms with E-state index in [0.29, 0.717) is 17.6 Å². The van der Waals surface area contributed by atoms with Crippen molar-refractivity contribution in [3.8, 4) is 0 Å². The minimum atomic E-state index is -1.64. The highest BCUT2D eigenvalue weighted by Crippen LogP contribution is 2.41. The van der Waals surface area contributed by atoms with Crippen LogP contribution in [0.2, 0.25) is 0 Å². The zero-order chi connectivity index (χ0) is 23.3. The van der Waals surface area contributed by atoms with Crippen LogP contribution in [0.25, 0.3) is 0 Å². The van der Waals surface area contributed by atoms with E-state index in [9.17, 15) is 24.3 Å². The third-order valence-corrected chi connectivity index (χ3v) is 4.72. The van der Waals surface area contributed by atoms with Gasteiger partial charge in [-0.3, -0.25) is 19.2 Å². The Kier molecular flexibility index (Phi) is 8.14. The number of Topliss-reactive ketones (excluding diaryl/α,β-unsaturated/α-hetero) is 1. The second-order valence-electron chi connectivity index (χ2n) is 9.50. The number of ketones is 1. The molecule has 0 aromatic heterocycles. The summed E-state index contributed by atoms with van der Waals surface area (Å²) in [6.45, 7) is 12.7. The van der Waals surface area contributed by atoms with Gasteiger partial charge in [-0.2, -0.15) is 0 Å². The van der Waals surface area contributed by atoms with Gasteiger partial charge in [0, 0.05) is 17.6 Å². The molecule has 8 heteroatoms. The number of rotatable bonds is 8. The number of hydrogen-bond acceptors (Lipinski definition) is 6. The normalized spacial score (nSPS) is 17.4. The Bertz CT molecular complexity index is 719. The van der Waals surface area contributed by atoms with Gasteiger partial charge in [0.1, 0.15) is 18.2 Å². The molecule has 1 aliphatic carbocycles. The summed E-state index contributed by atoms with van der Waals surface area (Å²) in [6, 6.07) is -1.12. The molecule has 0 aromatic carbocycles. The van der Waals surface area contributed by atoms with Crippen LogP contribution in [-0.4, -0.2) is 54.0 Å². The molecule has 3 N–H and O–H groups in total. The molecule has 0 fully saturated rings. The maximum Gasteiger partial charge on any atom is 0.325 e. The van der Waals surface area contributed by atoms with Crippen molar-refractivity contribution in [3.05, 3.63) is 23.3 Å². The number of esters is 1. The largest absolute Gasteiger partial charge is 0.465 e. The minimum Gasteiger partial charge on any atom is -0.465 e. The Morgan fingerprint density at radius 1 is 1.13 bits per heavy atom. The Morgan fingerprint density at radius 2 is 1.63 bits per heavy atom. The average molecular weight is 423 g/mol. The van der Waals surface area contributed by atoms with Gasteiger partial charge in [-0.25, -0.2) is 0 Å². The van der Waals surface area contributed by atoms with Gasteiger partial charge < -0.3 is 20.5 Å². The van der Waals surface area contributed by atoms with Crippen LogP contribution in [0.4, 0.5) is 0 Å². The van der Waals surface area contributed by atoms with E-state index >= 15 is 0 Å². The van der Waals surface area contributed by atoms with Crippen molar-refractivity contribution >= 4 is 24.1 Å². The van der Waals surface area contributed by atoms with E-state index in [4.69, 9.17) is 4.74 Å². The molecule has 30 heavy (non-hydrogen) atoms. The van der Waals surface area contributed by atoms with Crippen LogP contribution >= 0.6 is 0 Å². The zero-order valence-corrected chi connectivity index (χ0v) is 18.9. The molecule has 2 amide bonds. The van der Waals surface area contributed by atoms with E-state index in [1.54, 1.807) is 6.92 Å². The van der Waals surface area contributed by atoms with E-state index in [1.165, 1.54) is 12.2 Å². The molecular formula is C22H34N2O6. The van der Waals surface area contributed by atoms with Gasteiger partial charge in [-0.1, -0.05) is 41.5 Å². The first-order chi connectivity index (χ1) is 13.6. The van der Waals surface area contributed by atoms with Crippen LogP contribution in [0.3, 0.4) is 0 Å². The second-order valence-corrected chi connectivity index (χ2v) is 9.50. The molecule has 0 saturated carbocycles. The molecule has 1 aliphatic rings. The van der Waals surface area contributed by atoms with Crippen molar-refractivity contribution in [2.45, 2.75) is 66.5 Å². The van der Waals surface area contributed by atoms with Gasteiger partial charge in [0.25, 0.3) is 0 Å². The van der Waals surface area contributed by atoms with Crippen molar-refractivity contribution in [2.24, 2.45) is 10.8 Å². The van der Waals surface area contributed by atoms with Crippen molar-refractivity contribution in [3.63, 3.8) is 0 Å². The first-order valence-electron chi connectivity index (χ1n) is 10.0. The van der Waals surface area contributed by atoms with Crippen LogP contribution < -0.4 is 10.6 Å². The summed E-state index contributed by atoms with van der Waals surface area (Å²) in [5, 5.41) is 16.1. The molecule has 0 aromatic rings. The smallest absolute Gasteiger partial charge is 0.325 e. The summed E-state index contributed by atoms with van der Waals surface area (Å²) < 4.78 is 4.77. The lowest BCUT2D eigenvalue weighted by molar-refractivity contribution is -0.143. The Balaban J connectivity index is 3.24.